The molecule has 1 saturated heterocycles. The monoisotopic (exact) mass is 478 g/mol. The molecule has 1 amide bonds. The van der Waals surface area contributed by atoms with E-state index in [0.717, 1.165) is 54.3 Å². The van der Waals surface area contributed by atoms with Crippen LogP contribution in [0.25, 0.3) is 11.3 Å². The summed E-state index contributed by atoms with van der Waals surface area (Å²) in [5.74, 6) is 0.574. The highest BCUT2D eigenvalue weighted by atomic mass is 16.1. The topological polar surface area (TPSA) is 74.2 Å². The van der Waals surface area contributed by atoms with Gasteiger partial charge in [-0.1, -0.05) is 6.07 Å². The van der Waals surface area contributed by atoms with Gasteiger partial charge in [-0.15, -0.1) is 0 Å². The van der Waals surface area contributed by atoms with Crippen LogP contribution in [0.15, 0.2) is 79.3 Å². The van der Waals surface area contributed by atoms with Crippen LogP contribution in [0.5, 0.6) is 0 Å². The third-order valence-corrected chi connectivity index (χ3v) is 6.62. The Kier molecular flexibility index (Phi) is 7.00. The highest BCUT2D eigenvalue weighted by Gasteiger charge is 2.15. The Morgan fingerprint density at radius 1 is 0.972 bits per heavy atom. The molecule has 0 radical (unpaired) electrons. The summed E-state index contributed by atoms with van der Waals surface area (Å²) in [7, 11) is 2.15. The van der Waals surface area contributed by atoms with Crippen LogP contribution in [0, 0.1) is 6.92 Å². The van der Waals surface area contributed by atoms with E-state index in [1.54, 1.807) is 18.6 Å². The van der Waals surface area contributed by atoms with Crippen molar-refractivity contribution >= 4 is 17.3 Å². The van der Waals surface area contributed by atoms with E-state index in [2.05, 4.69) is 44.3 Å². The molecular weight excluding hydrogens is 448 g/mol. The second-order valence-electron chi connectivity index (χ2n) is 9.21. The number of aromatic nitrogens is 3. The molecule has 7 heteroatoms. The summed E-state index contributed by atoms with van der Waals surface area (Å²) in [4.78, 5) is 31.1. The van der Waals surface area contributed by atoms with Crippen molar-refractivity contribution in [2.75, 3.05) is 43.4 Å². The molecule has 0 spiro atoms. The smallest absolute Gasteiger partial charge is 0.255 e. The van der Waals surface area contributed by atoms with Crippen molar-refractivity contribution < 1.29 is 4.79 Å². The number of pyridine rings is 1. The Hall–Kier alpha value is -4.10. The number of carbonyl (C=O) groups excluding carboxylic acids is 1. The van der Waals surface area contributed by atoms with Gasteiger partial charge < -0.3 is 15.1 Å². The first-order valence-corrected chi connectivity index (χ1v) is 12.2. The Morgan fingerprint density at radius 3 is 2.53 bits per heavy atom. The zero-order valence-corrected chi connectivity index (χ0v) is 20.7. The Balaban J connectivity index is 1.27. The summed E-state index contributed by atoms with van der Waals surface area (Å²) >= 11 is 0. The minimum absolute atomic E-state index is 0.131. The van der Waals surface area contributed by atoms with Gasteiger partial charge in [0.05, 0.1) is 5.69 Å². The SMILES string of the molecule is Cc1ccc(C(=O)Nc2ccc(N3CCN(C)CC3)cc2)cc1Cc1nccc(-c2cccnc2)n1. The van der Waals surface area contributed by atoms with Crippen molar-refractivity contribution in [2.24, 2.45) is 0 Å². The first-order chi connectivity index (χ1) is 17.5. The minimum atomic E-state index is -0.131. The van der Waals surface area contributed by atoms with E-state index in [-0.39, 0.29) is 5.91 Å². The Morgan fingerprint density at radius 2 is 1.78 bits per heavy atom. The van der Waals surface area contributed by atoms with Crippen LogP contribution in [0.2, 0.25) is 0 Å². The van der Waals surface area contributed by atoms with E-state index in [1.807, 2.05) is 55.5 Å². The molecule has 7 nitrogen and oxygen atoms in total. The highest BCUT2D eigenvalue weighted by Crippen LogP contribution is 2.21. The molecule has 1 aliphatic rings. The molecule has 1 fully saturated rings. The number of anilines is 2. The zero-order valence-electron chi connectivity index (χ0n) is 20.7. The lowest BCUT2D eigenvalue weighted by atomic mass is 10.0. The Bertz CT molecular complexity index is 1330. The number of amides is 1. The summed E-state index contributed by atoms with van der Waals surface area (Å²) in [6.45, 7) is 6.20. The van der Waals surface area contributed by atoms with Gasteiger partial charge in [-0.2, -0.15) is 0 Å². The highest BCUT2D eigenvalue weighted by molar-refractivity contribution is 6.04. The average molecular weight is 479 g/mol. The quantitative estimate of drug-likeness (QED) is 0.442. The second kappa shape index (κ2) is 10.7. The van der Waals surface area contributed by atoms with Crippen LogP contribution in [-0.2, 0) is 6.42 Å². The van der Waals surface area contributed by atoms with E-state index in [9.17, 15) is 4.79 Å². The van der Waals surface area contributed by atoms with Gasteiger partial charge in [0.25, 0.3) is 5.91 Å². The molecule has 4 aromatic rings. The molecule has 182 valence electrons. The van der Waals surface area contributed by atoms with Crippen molar-refractivity contribution in [3.8, 4) is 11.3 Å². The van der Waals surface area contributed by atoms with Crippen LogP contribution in [0.4, 0.5) is 11.4 Å². The minimum Gasteiger partial charge on any atom is -0.369 e. The number of nitrogens with zero attached hydrogens (tertiary/aromatic N) is 5. The summed E-state index contributed by atoms with van der Waals surface area (Å²) < 4.78 is 0. The molecular formula is C29H30N6O. The van der Waals surface area contributed by atoms with Gasteiger partial charge in [-0.05, 0) is 79.7 Å². The van der Waals surface area contributed by atoms with Crippen molar-refractivity contribution in [2.45, 2.75) is 13.3 Å². The lowest BCUT2D eigenvalue weighted by Gasteiger charge is -2.34. The van der Waals surface area contributed by atoms with Gasteiger partial charge in [0.1, 0.15) is 5.82 Å². The molecule has 1 aliphatic heterocycles. The first-order valence-electron chi connectivity index (χ1n) is 12.2. The van der Waals surface area contributed by atoms with Crippen molar-refractivity contribution in [1.29, 1.82) is 0 Å². The van der Waals surface area contributed by atoms with Crippen LogP contribution < -0.4 is 10.2 Å². The van der Waals surface area contributed by atoms with Gasteiger partial charge >= 0.3 is 0 Å². The number of hydrogen-bond acceptors (Lipinski definition) is 6. The van der Waals surface area contributed by atoms with Crippen LogP contribution in [0.3, 0.4) is 0 Å². The fourth-order valence-electron chi connectivity index (χ4n) is 4.36. The average Bonchev–Trinajstić information content (AvgIpc) is 2.91. The van der Waals surface area contributed by atoms with Gasteiger partial charge in [0.15, 0.2) is 0 Å². The molecule has 1 N–H and O–H groups in total. The molecule has 2 aromatic carbocycles. The molecule has 3 heterocycles. The molecule has 0 aliphatic carbocycles. The van der Waals surface area contributed by atoms with E-state index in [0.29, 0.717) is 17.8 Å². The summed E-state index contributed by atoms with van der Waals surface area (Å²) in [5, 5.41) is 3.03. The lowest BCUT2D eigenvalue weighted by molar-refractivity contribution is 0.102. The number of benzene rings is 2. The zero-order chi connectivity index (χ0) is 24.9. The molecule has 0 unspecified atom stereocenters. The number of hydrogen-bond donors (Lipinski definition) is 1. The normalized spacial score (nSPS) is 14.0. The number of nitrogens with one attached hydrogen (secondary N) is 1. The maximum absolute atomic E-state index is 13.0. The molecule has 0 bridgehead atoms. The van der Waals surface area contributed by atoms with Gasteiger partial charge in [0, 0.05) is 73.7 Å². The predicted octanol–water partition coefficient (Wildman–Crippen LogP) is 4.44. The van der Waals surface area contributed by atoms with E-state index >= 15 is 0 Å². The standard InChI is InChI=1S/C29H30N6O/c1-21-5-6-22(18-24(21)19-28-31-13-11-27(33-28)23-4-3-12-30-20-23)29(36)32-25-7-9-26(10-8-25)35-16-14-34(2)15-17-35/h3-13,18,20H,14-17,19H2,1-2H3,(H,32,36). The fraction of sp³-hybridized carbons (Fsp3) is 0.241. The predicted molar refractivity (Wildman–Crippen MR) is 143 cm³/mol. The van der Waals surface area contributed by atoms with Crippen molar-refractivity contribution in [1.82, 2.24) is 19.9 Å². The summed E-state index contributed by atoms with van der Waals surface area (Å²) in [6.07, 6.45) is 5.84. The van der Waals surface area contributed by atoms with E-state index in [1.165, 1.54) is 5.69 Å². The number of rotatable bonds is 6. The molecule has 36 heavy (non-hydrogen) atoms. The van der Waals surface area contributed by atoms with Gasteiger partial charge in [-0.3, -0.25) is 9.78 Å². The van der Waals surface area contributed by atoms with E-state index < -0.39 is 0 Å². The van der Waals surface area contributed by atoms with Gasteiger partial charge in [-0.25, -0.2) is 9.97 Å². The van der Waals surface area contributed by atoms with Crippen LogP contribution in [0.1, 0.15) is 27.3 Å². The number of carbonyl (C=O) groups is 1. The number of likely N-dealkylation sites (N-methyl/N-ethyl adjacent to an activating group) is 1. The van der Waals surface area contributed by atoms with E-state index in [4.69, 9.17) is 4.98 Å². The molecule has 5 rings (SSSR count). The summed E-state index contributed by atoms with van der Waals surface area (Å²) in [5.41, 5.74) is 6.49. The Labute approximate surface area is 211 Å². The summed E-state index contributed by atoms with van der Waals surface area (Å²) in [6, 6.07) is 19.6. The third kappa shape index (κ3) is 5.58. The largest absolute Gasteiger partial charge is 0.369 e. The van der Waals surface area contributed by atoms with Crippen molar-refractivity contribution in [3.05, 3.63) is 102 Å². The molecule has 0 saturated carbocycles. The maximum atomic E-state index is 13.0. The third-order valence-electron chi connectivity index (χ3n) is 6.62. The maximum Gasteiger partial charge on any atom is 0.255 e. The van der Waals surface area contributed by atoms with Crippen LogP contribution in [-0.4, -0.2) is 59.0 Å². The molecule has 2 aromatic heterocycles. The first kappa shape index (κ1) is 23.6. The fourth-order valence-corrected chi connectivity index (χ4v) is 4.36. The van der Waals surface area contributed by atoms with Crippen LogP contribution >= 0.6 is 0 Å². The number of aryl methyl sites for hydroxylation is 1. The van der Waals surface area contributed by atoms with Gasteiger partial charge in [0.2, 0.25) is 0 Å². The number of piperazine rings is 1. The van der Waals surface area contributed by atoms with Crippen molar-refractivity contribution in [3.63, 3.8) is 0 Å². The molecule has 0 atom stereocenters. The lowest BCUT2D eigenvalue weighted by Crippen LogP contribution is -2.44. The second-order valence-corrected chi connectivity index (χ2v) is 9.21.